The number of carboxylic acids is 2. The van der Waals surface area contributed by atoms with Crippen LogP contribution in [0, 0.1) is 0 Å². The molecule has 0 spiro atoms. The van der Waals surface area contributed by atoms with E-state index in [9.17, 15) is 24.6 Å². The van der Waals surface area contributed by atoms with Gasteiger partial charge in [0.15, 0.2) is 0 Å². The second kappa shape index (κ2) is 10.5. The lowest BCUT2D eigenvalue weighted by atomic mass is 10.0. The predicted octanol–water partition coefficient (Wildman–Crippen LogP) is 2.28. The van der Waals surface area contributed by atoms with Crippen molar-refractivity contribution in [3.8, 4) is 0 Å². The number of hydrogen-bond donors (Lipinski definition) is 3. The van der Waals surface area contributed by atoms with Gasteiger partial charge in [-0.25, -0.2) is 4.79 Å². The number of anilines is 1. The van der Waals surface area contributed by atoms with Crippen molar-refractivity contribution in [2.75, 3.05) is 4.90 Å². The first-order valence-corrected chi connectivity index (χ1v) is 8.35. The summed E-state index contributed by atoms with van der Waals surface area (Å²) < 4.78 is 0. The number of benzene rings is 1. The zero-order valence-electron chi connectivity index (χ0n) is 14.3. The maximum absolute atomic E-state index is 12.3. The number of aliphatic carboxylic acids is 2. The van der Waals surface area contributed by atoms with Crippen LogP contribution in [-0.4, -0.2) is 45.3 Å². The Balaban J connectivity index is 2.78. The van der Waals surface area contributed by atoms with Gasteiger partial charge >= 0.3 is 11.9 Å². The summed E-state index contributed by atoms with van der Waals surface area (Å²) >= 11 is 0. The lowest BCUT2D eigenvalue weighted by Gasteiger charge is -2.30. The monoisotopic (exact) mass is 351 g/mol. The van der Waals surface area contributed by atoms with Crippen LogP contribution in [0.2, 0.25) is 0 Å². The third kappa shape index (κ3) is 6.93. The fourth-order valence-corrected chi connectivity index (χ4v) is 2.58. The average Bonchev–Trinajstić information content (AvgIpc) is 2.56. The molecule has 0 fully saturated rings. The number of aliphatic hydroxyl groups is 1. The Kier molecular flexibility index (Phi) is 8.63. The van der Waals surface area contributed by atoms with E-state index in [1.54, 1.807) is 30.3 Å². The highest BCUT2D eigenvalue weighted by Crippen LogP contribution is 2.22. The van der Waals surface area contributed by atoms with E-state index in [1.807, 2.05) is 0 Å². The second-order valence-corrected chi connectivity index (χ2v) is 5.92. The van der Waals surface area contributed by atoms with E-state index in [-0.39, 0.29) is 12.8 Å². The summed E-state index contributed by atoms with van der Waals surface area (Å²) in [5, 5.41) is 27.8. The van der Waals surface area contributed by atoms with Gasteiger partial charge in [0, 0.05) is 12.1 Å². The topological polar surface area (TPSA) is 115 Å². The molecule has 25 heavy (non-hydrogen) atoms. The van der Waals surface area contributed by atoms with Crippen molar-refractivity contribution in [1.29, 1.82) is 0 Å². The van der Waals surface area contributed by atoms with Crippen molar-refractivity contribution in [2.24, 2.45) is 0 Å². The first-order valence-electron chi connectivity index (χ1n) is 8.35. The van der Waals surface area contributed by atoms with Gasteiger partial charge in [-0.05, 0) is 31.9 Å². The van der Waals surface area contributed by atoms with E-state index in [1.165, 1.54) is 6.92 Å². The number of hydrogen-bond acceptors (Lipinski definition) is 4. The third-order valence-corrected chi connectivity index (χ3v) is 3.84. The molecule has 0 saturated carbocycles. The number of carbonyl (C=O) groups excluding carboxylic acids is 1. The first kappa shape index (κ1) is 20.6. The molecule has 0 aromatic heterocycles. The summed E-state index contributed by atoms with van der Waals surface area (Å²) in [5.74, 6) is -2.64. The SMILES string of the molecule is CC(O)C(=O)N(c1ccccc1)C(CCCCCCC(=O)O)C(=O)O. The van der Waals surface area contributed by atoms with Gasteiger partial charge in [-0.3, -0.25) is 14.5 Å². The van der Waals surface area contributed by atoms with Crippen LogP contribution in [0.4, 0.5) is 5.69 Å². The molecular weight excluding hydrogens is 326 g/mol. The Morgan fingerprint density at radius 3 is 2.12 bits per heavy atom. The minimum atomic E-state index is -1.31. The molecule has 7 nitrogen and oxygen atoms in total. The summed E-state index contributed by atoms with van der Waals surface area (Å²) in [5.41, 5.74) is 0.423. The smallest absolute Gasteiger partial charge is 0.326 e. The van der Waals surface area contributed by atoms with Crippen LogP contribution in [0.15, 0.2) is 30.3 Å². The van der Waals surface area contributed by atoms with Crippen LogP contribution < -0.4 is 4.90 Å². The Labute approximate surface area is 146 Å². The predicted molar refractivity (Wildman–Crippen MR) is 92.4 cm³/mol. The van der Waals surface area contributed by atoms with E-state index in [0.717, 1.165) is 4.90 Å². The van der Waals surface area contributed by atoms with Crippen LogP contribution in [0.5, 0.6) is 0 Å². The highest BCUT2D eigenvalue weighted by Gasteiger charge is 2.32. The standard InChI is InChI=1S/C18H25NO6/c1-13(20)17(23)19(14-9-5-4-6-10-14)15(18(24)25)11-7-2-3-8-12-16(21)22/h4-6,9-10,13,15,20H,2-3,7-8,11-12H2,1H3,(H,21,22)(H,24,25). The number of aliphatic hydroxyl groups excluding tert-OH is 1. The summed E-state index contributed by atoms with van der Waals surface area (Å²) in [7, 11) is 0. The van der Waals surface area contributed by atoms with Gasteiger partial charge < -0.3 is 15.3 Å². The number of carbonyl (C=O) groups is 3. The fraction of sp³-hybridized carbons (Fsp3) is 0.500. The maximum atomic E-state index is 12.3. The molecule has 1 amide bonds. The van der Waals surface area contributed by atoms with E-state index >= 15 is 0 Å². The van der Waals surface area contributed by atoms with Gasteiger partial charge in [-0.15, -0.1) is 0 Å². The van der Waals surface area contributed by atoms with Crippen molar-refractivity contribution < 1.29 is 29.7 Å². The summed E-state index contributed by atoms with van der Waals surface area (Å²) in [6, 6.07) is 7.33. The van der Waals surface area contributed by atoms with Crippen LogP contribution >= 0.6 is 0 Å². The zero-order chi connectivity index (χ0) is 18.8. The number of carboxylic acid groups (broad SMARTS) is 2. The van der Waals surface area contributed by atoms with Crippen LogP contribution in [0.3, 0.4) is 0 Å². The van der Waals surface area contributed by atoms with Crippen molar-refractivity contribution in [2.45, 2.75) is 57.6 Å². The Morgan fingerprint density at radius 1 is 1.00 bits per heavy atom. The third-order valence-electron chi connectivity index (χ3n) is 3.84. The number of nitrogens with zero attached hydrogens (tertiary/aromatic N) is 1. The molecule has 2 atom stereocenters. The second-order valence-electron chi connectivity index (χ2n) is 5.92. The largest absolute Gasteiger partial charge is 0.481 e. The lowest BCUT2D eigenvalue weighted by molar-refractivity contribution is -0.141. The minimum absolute atomic E-state index is 0.0962. The van der Waals surface area contributed by atoms with Crippen molar-refractivity contribution in [3.05, 3.63) is 30.3 Å². The Bertz CT molecular complexity index is 572. The molecule has 3 N–H and O–H groups in total. The normalized spacial score (nSPS) is 13.0. The van der Waals surface area contributed by atoms with Crippen LogP contribution in [-0.2, 0) is 14.4 Å². The highest BCUT2D eigenvalue weighted by molar-refractivity contribution is 6.01. The maximum Gasteiger partial charge on any atom is 0.326 e. The van der Waals surface area contributed by atoms with Crippen LogP contribution in [0.25, 0.3) is 0 Å². The quantitative estimate of drug-likeness (QED) is 0.527. The summed E-state index contributed by atoms with van der Waals surface area (Å²) in [6.07, 6.45) is 1.48. The molecule has 1 rings (SSSR count). The molecule has 0 aliphatic heterocycles. The van der Waals surface area contributed by atoms with E-state index in [4.69, 9.17) is 5.11 Å². The number of amides is 1. The molecule has 0 saturated heterocycles. The van der Waals surface area contributed by atoms with Gasteiger partial charge in [0.05, 0.1) is 0 Å². The Hall–Kier alpha value is -2.41. The molecular formula is C18H25NO6. The number of unbranched alkanes of at least 4 members (excludes halogenated alkanes) is 3. The zero-order valence-corrected chi connectivity index (χ0v) is 14.3. The molecule has 138 valence electrons. The van der Waals surface area contributed by atoms with Gasteiger partial charge in [0.25, 0.3) is 5.91 Å². The molecule has 0 aliphatic carbocycles. The van der Waals surface area contributed by atoms with Crippen molar-refractivity contribution in [3.63, 3.8) is 0 Å². The number of para-hydroxylation sites is 1. The highest BCUT2D eigenvalue weighted by atomic mass is 16.4. The van der Waals surface area contributed by atoms with E-state index < -0.39 is 30.0 Å². The molecule has 0 aliphatic rings. The lowest BCUT2D eigenvalue weighted by Crippen LogP contribution is -2.49. The van der Waals surface area contributed by atoms with Gasteiger partial charge in [-0.1, -0.05) is 37.5 Å². The molecule has 1 aromatic carbocycles. The van der Waals surface area contributed by atoms with Gasteiger partial charge in [0.1, 0.15) is 12.1 Å². The molecule has 0 radical (unpaired) electrons. The van der Waals surface area contributed by atoms with E-state index in [0.29, 0.717) is 31.4 Å². The van der Waals surface area contributed by atoms with Crippen LogP contribution in [0.1, 0.15) is 45.4 Å². The van der Waals surface area contributed by atoms with E-state index in [2.05, 4.69) is 0 Å². The number of rotatable bonds is 11. The van der Waals surface area contributed by atoms with Crippen molar-refractivity contribution in [1.82, 2.24) is 0 Å². The summed E-state index contributed by atoms with van der Waals surface area (Å²) in [4.78, 5) is 35.6. The molecule has 1 aromatic rings. The van der Waals surface area contributed by atoms with Crippen molar-refractivity contribution >= 4 is 23.5 Å². The fourth-order valence-electron chi connectivity index (χ4n) is 2.58. The Morgan fingerprint density at radius 2 is 1.60 bits per heavy atom. The first-order chi connectivity index (χ1) is 11.8. The van der Waals surface area contributed by atoms with Gasteiger partial charge in [-0.2, -0.15) is 0 Å². The molecule has 0 heterocycles. The molecule has 0 bridgehead atoms. The van der Waals surface area contributed by atoms with Gasteiger partial charge in [0.2, 0.25) is 0 Å². The minimum Gasteiger partial charge on any atom is -0.481 e. The molecule has 7 heteroatoms. The average molecular weight is 351 g/mol. The molecule has 2 unspecified atom stereocenters. The summed E-state index contributed by atoms with van der Waals surface area (Å²) in [6.45, 7) is 1.31.